The third kappa shape index (κ3) is 2.82. The fourth-order valence-corrected chi connectivity index (χ4v) is 1.18. The molecule has 1 unspecified atom stereocenters. The number of hydrogen-bond acceptors (Lipinski definition) is 3. The number of nitrogens with two attached hydrogens (primary N) is 1. The number of nitrogens with one attached hydrogen (secondary N) is 1. The van der Waals surface area contributed by atoms with Crippen molar-refractivity contribution in [1.29, 1.82) is 0 Å². The summed E-state index contributed by atoms with van der Waals surface area (Å²) in [5.74, 6) is -1.82. The molecule has 1 aromatic rings. The summed E-state index contributed by atoms with van der Waals surface area (Å²) in [6, 6.07) is 2.56. The first-order valence-electron chi connectivity index (χ1n) is 5.07. The molecule has 0 amide bonds. The molecule has 0 bridgehead atoms. The van der Waals surface area contributed by atoms with Gasteiger partial charge in [0.15, 0.2) is 11.6 Å². The highest BCUT2D eigenvalue weighted by molar-refractivity contribution is 5.66. The van der Waals surface area contributed by atoms with Gasteiger partial charge in [0.1, 0.15) is 0 Å². The predicted octanol–water partition coefficient (Wildman–Crippen LogP) is 1.91. The molecule has 0 spiro atoms. The number of halogens is 2. The SMILES string of the molecule is CC(CNc1c(N)ccc(F)c1F)N(C)C. The van der Waals surface area contributed by atoms with Crippen LogP contribution in [0.2, 0.25) is 0 Å². The molecule has 1 atom stereocenters. The zero-order valence-electron chi connectivity index (χ0n) is 9.72. The first-order chi connectivity index (χ1) is 7.43. The van der Waals surface area contributed by atoms with Crippen molar-refractivity contribution in [3.8, 4) is 0 Å². The van der Waals surface area contributed by atoms with Crippen LogP contribution in [0.15, 0.2) is 12.1 Å². The molecular formula is C11H17F2N3. The highest BCUT2D eigenvalue weighted by Crippen LogP contribution is 2.24. The van der Waals surface area contributed by atoms with Gasteiger partial charge in [0, 0.05) is 12.6 Å². The van der Waals surface area contributed by atoms with E-state index >= 15 is 0 Å². The molecule has 0 saturated carbocycles. The monoisotopic (exact) mass is 229 g/mol. The first-order valence-corrected chi connectivity index (χ1v) is 5.07. The lowest BCUT2D eigenvalue weighted by atomic mass is 10.2. The van der Waals surface area contributed by atoms with Crippen molar-refractivity contribution >= 4 is 11.4 Å². The third-order valence-electron chi connectivity index (χ3n) is 2.58. The third-order valence-corrected chi connectivity index (χ3v) is 2.58. The molecule has 1 aromatic carbocycles. The highest BCUT2D eigenvalue weighted by atomic mass is 19.2. The molecule has 16 heavy (non-hydrogen) atoms. The van der Waals surface area contributed by atoms with Crippen LogP contribution in [0.1, 0.15) is 6.92 Å². The fourth-order valence-electron chi connectivity index (χ4n) is 1.18. The van der Waals surface area contributed by atoms with Crippen LogP contribution < -0.4 is 11.1 Å². The molecule has 3 N–H and O–H groups in total. The van der Waals surface area contributed by atoms with Crippen molar-refractivity contribution in [2.24, 2.45) is 0 Å². The van der Waals surface area contributed by atoms with E-state index in [-0.39, 0.29) is 17.4 Å². The summed E-state index contributed by atoms with van der Waals surface area (Å²) >= 11 is 0. The van der Waals surface area contributed by atoms with E-state index in [1.807, 2.05) is 25.9 Å². The van der Waals surface area contributed by atoms with Gasteiger partial charge in [0.05, 0.1) is 11.4 Å². The maximum atomic E-state index is 13.4. The standard InChI is InChI=1S/C11H17F2N3/c1-7(16(2)3)6-15-11-9(14)5-4-8(12)10(11)13/h4-5,7,15H,6,14H2,1-3H3. The first kappa shape index (κ1) is 12.7. The van der Waals surface area contributed by atoms with Crippen LogP contribution in [0.4, 0.5) is 20.2 Å². The molecule has 0 aliphatic carbocycles. The van der Waals surface area contributed by atoms with E-state index in [1.165, 1.54) is 6.07 Å². The Kier molecular flexibility index (Phi) is 4.06. The van der Waals surface area contributed by atoms with Crippen LogP contribution in [0, 0.1) is 11.6 Å². The minimum atomic E-state index is -0.925. The summed E-state index contributed by atoms with van der Waals surface area (Å²) in [6.07, 6.45) is 0. The van der Waals surface area contributed by atoms with Gasteiger partial charge in [-0.2, -0.15) is 0 Å². The summed E-state index contributed by atoms with van der Waals surface area (Å²) in [6.45, 7) is 2.47. The smallest absolute Gasteiger partial charge is 0.183 e. The van der Waals surface area contributed by atoms with E-state index in [4.69, 9.17) is 5.73 Å². The molecule has 3 nitrogen and oxygen atoms in total. The molecule has 0 heterocycles. The van der Waals surface area contributed by atoms with Crippen LogP contribution in [0.5, 0.6) is 0 Å². The molecule has 5 heteroatoms. The minimum Gasteiger partial charge on any atom is -0.397 e. The van der Waals surface area contributed by atoms with E-state index in [2.05, 4.69) is 5.32 Å². The molecule has 1 rings (SSSR count). The van der Waals surface area contributed by atoms with Gasteiger partial charge >= 0.3 is 0 Å². The Morgan fingerprint density at radius 1 is 1.38 bits per heavy atom. The lowest BCUT2D eigenvalue weighted by molar-refractivity contribution is 0.326. The number of likely N-dealkylation sites (N-methyl/N-ethyl adjacent to an activating group) is 1. The zero-order valence-corrected chi connectivity index (χ0v) is 9.72. The van der Waals surface area contributed by atoms with Gasteiger partial charge in [0.25, 0.3) is 0 Å². The summed E-state index contributed by atoms with van der Waals surface area (Å²) in [5.41, 5.74) is 5.82. The van der Waals surface area contributed by atoms with Gasteiger partial charge in [0.2, 0.25) is 0 Å². The maximum Gasteiger partial charge on any atom is 0.183 e. The maximum absolute atomic E-state index is 13.4. The molecule has 0 aromatic heterocycles. The molecule has 0 aliphatic heterocycles. The summed E-state index contributed by atoms with van der Waals surface area (Å²) in [4.78, 5) is 1.97. The zero-order chi connectivity index (χ0) is 12.3. The molecular weight excluding hydrogens is 212 g/mol. The second kappa shape index (κ2) is 5.12. The predicted molar refractivity (Wildman–Crippen MR) is 62.4 cm³/mol. The highest BCUT2D eigenvalue weighted by Gasteiger charge is 2.12. The van der Waals surface area contributed by atoms with Gasteiger partial charge in [-0.25, -0.2) is 8.78 Å². The van der Waals surface area contributed by atoms with Gasteiger partial charge in [-0.3, -0.25) is 0 Å². The van der Waals surface area contributed by atoms with Crippen molar-refractivity contribution < 1.29 is 8.78 Å². The van der Waals surface area contributed by atoms with Crippen molar-refractivity contribution in [2.45, 2.75) is 13.0 Å². The topological polar surface area (TPSA) is 41.3 Å². The largest absolute Gasteiger partial charge is 0.397 e. The Bertz CT molecular complexity index is 366. The van der Waals surface area contributed by atoms with Crippen molar-refractivity contribution in [3.63, 3.8) is 0 Å². The molecule has 0 aliphatic rings. The van der Waals surface area contributed by atoms with E-state index in [0.29, 0.717) is 6.54 Å². The number of benzene rings is 1. The molecule has 0 saturated heterocycles. The van der Waals surface area contributed by atoms with Crippen LogP contribution in [0.3, 0.4) is 0 Å². The number of rotatable bonds is 4. The minimum absolute atomic E-state index is 0.0358. The summed E-state index contributed by atoms with van der Waals surface area (Å²) < 4.78 is 26.3. The second-order valence-corrected chi connectivity index (χ2v) is 4.02. The summed E-state index contributed by atoms with van der Waals surface area (Å²) in [5, 5.41) is 2.82. The Labute approximate surface area is 94.2 Å². The Balaban J connectivity index is 2.77. The molecule has 0 fully saturated rings. The fraction of sp³-hybridized carbons (Fsp3) is 0.455. The van der Waals surface area contributed by atoms with E-state index in [0.717, 1.165) is 6.07 Å². The lowest BCUT2D eigenvalue weighted by Gasteiger charge is -2.21. The number of hydrogen-bond donors (Lipinski definition) is 2. The van der Waals surface area contributed by atoms with Crippen molar-refractivity contribution in [3.05, 3.63) is 23.8 Å². The van der Waals surface area contributed by atoms with Crippen LogP contribution >= 0.6 is 0 Å². The van der Waals surface area contributed by atoms with E-state index in [9.17, 15) is 8.78 Å². The quantitative estimate of drug-likeness (QED) is 0.775. The second-order valence-electron chi connectivity index (χ2n) is 4.02. The van der Waals surface area contributed by atoms with E-state index in [1.54, 1.807) is 0 Å². The summed E-state index contributed by atoms with van der Waals surface area (Å²) in [7, 11) is 3.83. The van der Waals surface area contributed by atoms with Crippen LogP contribution in [-0.2, 0) is 0 Å². The van der Waals surface area contributed by atoms with E-state index < -0.39 is 11.6 Å². The van der Waals surface area contributed by atoms with Gasteiger partial charge in [-0.15, -0.1) is 0 Å². The average Bonchev–Trinajstić information content (AvgIpc) is 2.23. The van der Waals surface area contributed by atoms with Gasteiger partial charge in [-0.1, -0.05) is 0 Å². The normalized spacial score (nSPS) is 12.9. The Hall–Kier alpha value is -1.36. The number of nitrogens with zero attached hydrogens (tertiary/aromatic N) is 1. The van der Waals surface area contributed by atoms with Gasteiger partial charge < -0.3 is 16.0 Å². The molecule has 0 radical (unpaired) electrons. The van der Waals surface area contributed by atoms with Gasteiger partial charge in [-0.05, 0) is 33.2 Å². The van der Waals surface area contributed by atoms with Crippen molar-refractivity contribution in [2.75, 3.05) is 31.7 Å². The Morgan fingerprint density at radius 3 is 2.56 bits per heavy atom. The van der Waals surface area contributed by atoms with Crippen LogP contribution in [-0.4, -0.2) is 31.6 Å². The van der Waals surface area contributed by atoms with Crippen molar-refractivity contribution in [1.82, 2.24) is 4.90 Å². The number of nitrogen functional groups attached to an aromatic ring is 1. The molecule has 90 valence electrons. The lowest BCUT2D eigenvalue weighted by Crippen LogP contribution is -2.31. The number of anilines is 2. The average molecular weight is 229 g/mol. The van der Waals surface area contributed by atoms with Crippen LogP contribution in [0.25, 0.3) is 0 Å². The Morgan fingerprint density at radius 2 is 2.00 bits per heavy atom.